The second kappa shape index (κ2) is 15.5. The maximum atomic E-state index is 11.7. The van der Waals surface area contributed by atoms with Crippen LogP contribution >= 0.6 is 0 Å². The minimum absolute atomic E-state index is 0.160. The predicted octanol–water partition coefficient (Wildman–Crippen LogP) is 7.19. The summed E-state index contributed by atoms with van der Waals surface area (Å²) in [5.41, 5.74) is 0. The summed E-state index contributed by atoms with van der Waals surface area (Å²) >= 11 is 0. The lowest BCUT2D eigenvalue weighted by molar-refractivity contribution is -0.147. The molecule has 1 rings (SSSR count). The van der Waals surface area contributed by atoms with Crippen LogP contribution in [0.3, 0.4) is 0 Å². The Morgan fingerprint density at radius 2 is 1.50 bits per heavy atom. The van der Waals surface area contributed by atoms with Gasteiger partial charge in [0.15, 0.2) is 12.4 Å². The van der Waals surface area contributed by atoms with E-state index in [0.29, 0.717) is 12.2 Å². The van der Waals surface area contributed by atoms with Gasteiger partial charge in [-0.1, -0.05) is 70.4 Å². The number of hydrogen-bond acceptors (Lipinski definition) is 4. The Morgan fingerprint density at radius 3 is 2.07 bits per heavy atom. The van der Waals surface area contributed by atoms with Crippen LogP contribution < -0.4 is 0 Å². The predicted molar refractivity (Wildman–Crippen MR) is 115 cm³/mol. The summed E-state index contributed by atoms with van der Waals surface area (Å²) in [4.78, 5) is 11.7. The molecule has 0 radical (unpaired) electrons. The van der Waals surface area contributed by atoms with E-state index >= 15 is 0 Å². The Hall–Kier alpha value is -1.45. The molecule has 0 fully saturated rings. The van der Waals surface area contributed by atoms with Crippen molar-refractivity contribution in [3.8, 4) is 0 Å². The van der Waals surface area contributed by atoms with Crippen molar-refractivity contribution >= 4 is 5.97 Å². The summed E-state index contributed by atoms with van der Waals surface area (Å²) in [5, 5.41) is 0. The summed E-state index contributed by atoms with van der Waals surface area (Å²) < 4.78 is 16.0. The SMILES string of the molecule is CCCCCCCC/C=C\CCCCCCCC(=O)OCC1=COC(C)(C)O1. The standard InChI is InChI=1S/C24H42O4/c1-4-5-6-7-8-9-10-11-12-13-14-15-16-17-18-19-23(25)26-20-22-21-27-24(2,3)28-22/h11-12,21H,4-10,13-20H2,1-3H3/b12-11-. The van der Waals surface area contributed by atoms with Crippen LogP contribution in [0.4, 0.5) is 0 Å². The van der Waals surface area contributed by atoms with Crippen LogP contribution in [0.1, 0.15) is 111 Å². The van der Waals surface area contributed by atoms with Crippen LogP contribution in [0.5, 0.6) is 0 Å². The summed E-state index contributed by atoms with van der Waals surface area (Å²) in [6.07, 6.45) is 23.0. The fourth-order valence-corrected chi connectivity index (χ4v) is 3.20. The number of allylic oxidation sites excluding steroid dienone is 2. The van der Waals surface area contributed by atoms with Gasteiger partial charge in [0.25, 0.3) is 0 Å². The average molecular weight is 395 g/mol. The molecule has 4 nitrogen and oxygen atoms in total. The summed E-state index contributed by atoms with van der Waals surface area (Å²) in [5.74, 6) is -0.236. The molecule has 0 aromatic rings. The van der Waals surface area contributed by atoms with E-state index in [1.807, 2.05) is 13.8 Å². The van der Waals surface area contributed by atoms with E-state index in [-0.39, 0.29) is 12.6 Å². The first-order valence-electron chi connectivity index (χ1n) is 11.4. The first-order valence-corrected chi connectivity index (χ1v) is 11.4. The quantitative estimate of drug-likeness (QED) is 0.149. The molecule has 0 amide bonds. The highest BCUT2D eigenvalue weighted by atomic mass is 16.7. The zero-order valence-electron chi connectivity index (χ0n) is 18.5. The zero-order valence-corrected chi connectivity index (χ0v) is 18.5. The van der Waals surface area contributed by atoms with Gasteiger partial charge in [-0.3, -0.25) is 4.79 Å². The van der Waals surface area contributed by atoms with E-state index in [9.17, 15) is 4.79 Å². The molecule has 28 heavy (non-hydrogen) atoms. The summed E-state index contributed by atoms with van der Waals surface area (Å²) in [6, 6.07) is 0. The second-order valence-corrected chi connectivity index (χ2v) is 8.20. The van der Waals surface area contributed by atoms with Crippen LogP contribution in [-0.2, 0) is 19.0 Å². The number of carbonyl (C=O) groups excluding carboxylic acids is 1. The maximum absolute atomic E-state index is 11.7. The molecule has 0 N–H and O–H groups in total. The topological polar surface area (TPSA) is 44.8 Å². The van der Waals surface area contributed by atoms with Gasteiger partial charge in [0, 0.05) is 20.3 Å². The van der Waals surface area contributed by atoms with Crippen molar-refractivity contribution in [3.05, 3.63) is 24.2 Å². The maximum Gasteiger partial charge on any atom is 0.306 e. The van der Waals surface area contributed by atoms with Gasteiger partial charge in [-0.05, 0) is 32.1 Å². The normalized spacial score (nSPS) is 15.3. The molecule has 0 saturated heterocycles. The lowest BCUT2D eigenvalue weighted by Crippen LogP contribution is -2.21. The van der Waals surface area contributed by atoms with Gasteiger partial charge in [-0.2, -0.15) is 0 Å². The molecule has 0 spiro atoms. The van der Waals surface area contributed by atoms with Crippen LogP contribution in [0.2, 0.25) is 0 Å². The van der Waals surface area contributed by atoms with Crippen molar-refractivity contribution in [2.24, 2.45) is 0 Å². The molecule has 0 unspecified atom stereocenters. The molecule has 0 aromatic carbocycles. The number of unbranched alkanes of at least 4 members (excludes halogenated alkanes) is 11. The Kier molecular flexibility index (Phi) is 13.6. The van der Waals surface area contributed by atoms with Gasteiger partial charge in [0.2, 0.25) is 5.79 Å². The highest BCUT2D eigenvalue weighted by Crippen LogP contribution is 2.24. The van der Waals surface area contributed by atoms with Crippen molar-refractivity contribution in [2.45, 2.75) is 116 Å². The number of rotatable bonds is 17. The lowest BCUT2D eigenvalue weighted by Gasteiger charge is -2.18. The molecule has 1 aliphatic heterocycles. The highest BCUT2D eigenvalue weighted by molar-refractivity contribution is 5.69. The van der Waals surface area contributed by atoms with Crippen molar-refractivity contribution in [1.29, 1.82) is 0 Å². The van der Waals surface area contributed by atoms with Gasteiger partial charge in [-0.25, -0.2) is 0 Å². The summed E-state index contributed by atoms with van der Waals surface area (Å²) in [7, 11) is 0. The van der Waals surface area contributed by atoms with Crippen LogP contribution in [-0.4, -0.2) is 18.4 Å². The Bertz CT molecular complexity index is 465. The monoisotopic (exact) mass is 394 g/mol. The van der Waals surface area contributed by atoms with Gasteiger partial charge in [0.05, 0.1) is 0 Å². The first kappa shape index (κ1) is 24.6. The number of hydrogen-bond donors (Lipinski definition) is 0. The van der Waals surface area contributed by atoms with Crippen molar-refractivity contribution in [2.75, 3.05) is 6.61 Å². The van der Waals surface area contributed by atoms with Gasteiger partial charge < -0.3 is 14.2 Å². The first-order chi connectivity index (χ1) is 13.5. The minimum atomic E-state index is -0.648. The van der Waals surface area contributed by atoms with E-state index in [1.54, 1.807) is 0 Å². The van der Waals surface area contributed by atoms with E-state index in [1.165, 1.54) is 76.9 Å². The molecule has 0 aromatic heterocycles. The number of carbonyl (C=O) groups is 1. The molecule has 0 bridgehead atoms. The third-order valence-electron chi connectivity index (χ3n) is 4.87. The van der Waals surface area contributed by atoms with E-state index < -0.39 is 5.79 Å². The Balaban J connectivity index is 1.82. The second-order valence-electron chi connectivity index (χ2n) is 8.20. The van der Waals surface area contributed by atoms with Crippen LogP contribution in [0.25, 0.3) is 0 Å². The number of ether oxygens (including phenoxy) is 3. The highest BCUT2D eigenvalue weighted by Gasteiger charge is 2.27. The van der Waals surface area contributed by atoms with Crippen molar-refractivity contribution < 1.29 is 19.0 Å². The molecule has 162 valence electrons. The lowest BCUT2D eigenvalue weighted by atomic mass is 10.1. The number of esters is 1. The van der Waals surface area contributed by atoms with E-state index in [0.717, 1.165) is 12.8 Å². The smallest absolute Gasteiger partial charge is 0.306 e. The third kappa shape index (κ3) is 13.7. The molecule has 4 heteroatoms. The fraction of sp³-hybridized carbons (Fsp3) is 0.792. The molecule has 0 saturated carbocycles. The molecular formula is C24H42O4. The van der Waals surface area contributed by atoms with Crippen LogP contribution in [0, 0.1) is 0 Å². The third-order valence-corrected chi connectivity index (χ3v) is 4.87. The molecule has 0 atom stereocenters. The Labute approximate surface area is 172 Å². The molecule has 1 aliphatic rings. The van der Waals surface area contributed by atoms with Crippen molar-refractivity contribution in [1.82, 2.24) is 0 Å². The van der Waals surface area contributed by atoms with E-state index in [2.05, 4.69) is 19.1 Å². The average Bonchev–Trinajstić information content (AvgIpc) is 3.02. The Morgan fingerprint density at radius 1 is 0.929 bits per heavy atom. The van der Waals surface area contributed by atoms with Gasteiger partial charge in [-0.15, -0.1) is 0 Å². The summed E-state index contributed by atoms with van der Waals surface area (Å²) in [6.45, 7) is 6.07. The fourth-order valence-electron chi connectivity index (χ4n) is 3.20. The zero-order chi connectivity index (χ0) is 20.5. The van der Waals surface area contributed by atoms with Gasteiger partial charge in [0.1, 0.15) is 6.26 Å². The van der Waals surface area contributed by atoms with Crippen LogP contribution in [0.15, 0.2) is 24.2 Å². The molecule has 0 aliphatic carbocycles. The van der Waals surface area contributed by atoms with Gasteiger partial charge >= 0.3 is 5.97 Å². The largest absolute Gasteiger partial charge is 0.457 e. The molecule has 1 heterocycles. The van der Waals surface area contributed by atoms with Crippen molar-refractivity contribution in [3.63, 3.8) is 0 Å². The minimum Gasteiger partial charge on any atom is -0.457 e. The molecular weight excluding hydrogens is 352 g/mol. The van der Waals surface area contributed by atoms with E-state index in [4.69, 9.17) is 14.2 Å².